The van der Waals surface area contributed by atoms with Gasteiger partial charge in [-0.25, -0.2) is 14.1 Å². The number of fused-ring (bicyclic) bond motifs is 1. The van der Waals surface area contributed by atoms with E-state index in [1.807, 2.05) is 38.1 Å². The van der Waals surface area contributed by atoms with Gasteiger partial charge in [0.15, 0.2) is 0 Å². The molecule has 0 aliphatic rings. The van der Waals surface area contributed by atoms with Crippen LogP contribution in [0.15, 0.2) is 54.6 Å². The van der Waals surface area contributed by atoms with E-state index >= 15 is 0 Å². The minimum absolute atomic E-state index is 0.0271. The molecule has 9 heteroatoms. The van der Waals surface area contributed by atoms with E-state index in [0.717, 1.165) is 27.0 Å². The number of aliphatic hydroxyl groups excluding tert-OH is 2. The molecule has 4 aromatic rings. The number of thiazole rings is 1. The lowest BCUT2D eigenvalue weighted by molar-refractivity contribution is -0.139. The summed E-state index contributed by atoms with van der Waals surface area (Å²) in [6.45, 7) is 4.01. The maximum atomic E-state index is 13.7. The van der Waals surface area contributed by atoms with Gasteiger partial charge in [0.05, 0.1) is 40.2 Å². The number of benzene rings is 2. The first-order valence-corrected chi connectivity index (χ1v) is 12.1. The fourth-order valence-corrected chi connectivity index (χ4v) is 4.79. The van der Waals surface area contributed by atoms with Gasteiger partial charge >= 0.3 is 5.97 Å². The van der Waals surface area contributed by atoms with Crippen molar-refractivity contribution in [3.8, 4) is 16.4 Å². The summed E-state index contributed by atoms with van der Waals surface area (Å²) < 4.78 is 16.5. The Labute approximate surface area is 205 Å². The Morgan fingerprint density at radius 2 is 1.86 bits per heavy atom. The van der Waals surface area contributed by atoms with Gasteiger partial charge in [-0.05, 0) is 42.3 Å². The monoisotopic (exact) mass is 495 g/mol. The van der Waals surface area contributed by atoms with Gasteiger partial charge in [0.1, 0.15) is 5.82 Å². The molecule has 7 nitrogen and oxygen atoms in total. The van der Waals surface area contributed by atoms with E-state index in [-0.39, 0.29) is 18.2 Å². The molecule has 35 heavy (non-hydrogen) atoms. The second-order valence-electron chi connectivity index (χ2n) is 8.60. The molecule has 0 fully saturated rings. The van der Waals surface area contributed by atoms with E-state index in [9.17, 15) is 19.4 Å². The van der Waals surface area contributed by atoms with Crippen molar-refractivity contribution in [3.63, 3.8) is 0 Å². The molecular formula is C26H26FN3O4S. The molecule has 3 N–H and O–H groups in total. The molecule has 0 aliphatic heterocycles. The third-order valence-corrected chi connectivity index (χ3v) is 6.50. The lowest BCUT2D eigenvalue weighted by Crippen LogP contribution is -2.19. The number of halogens is 1. The number of hydrogen-bond donors (Lipinski definition) is 3. The summed E-state index contributed by atoms with van der Waals surface area (Å²) in [4.78, 5) is 15.6. The zero-order valence-electron chi connectivity index (χ0n) is 19.3. The lowest BCUT2D eigenvalue weighted by atomic mass is 9.98. The predicted octanol–water partition coefficient (Wildman–Crippen LogP) is 5.01. The molecule has 0 saturated carbocycles. The molecule has 0 bridgehead atoms. The second kappa shape index (κ2) is 10.5. The van der Waals surface area contributed by atoms with Crippen LogP contribution in [0.5, 0.6) is 0 Å². The fourth-order valence-electron chi connectivity index (χ4n) is 3.86. The van der Waals surface area contributed by atoms with Crippen molar-refractivity contribution < 1.29 is 24.5 Å². The van der Waals surface area contributed by atoms with E-state index in [1.165, 1.54) is 29.5 Å². The van der Waals surface area contributed by atoms with Crippen molar-refractivity contribution in [3.05, 3.63) is 71.7 Å². The van der Waals surface area contributed by atoms with Crippen LogP contribution < -0.4 is 0 Å². The molecule has 2 aromatic carbocycles. The van der Waals surface area contributed by atoms with Crippen molar-refractivity contribution >= 4 is 33.6 Å². The van der Waals surface area contributed by atoms with Gasteiger partial charge in [0, 0.05) is 17.5 Å². The molecule has 2 unspecified atom stereocenters. The van der Waals surface area contributed by atoms with E-state index in [1.54, 1.807) is 22.9 Å². The van der Waals surface area contributed by atoms with Crippen molar-refractivity contribution in [2.24, 2.45) is 0 Å². The number of rotatable bonds is 9. The van der Waals surface area contributed by atoms with E-state index in [2.05, 4.69) is 0 Å². The molecule has 0 amide bonds. The molecule has 0 spiro atoms. The SMILES string of the molecule is CC(C)c1nn(-c2nc3ccccc3s2)c(-c2ccc(F)cc2)c1C=CC(O)CC(O)CC(=O)O. The van der Waals surface area contributed by atoms with Gasteiger partial charge in [0.25, 0.3) is 0 Å². The summed E-state index contributed by atoms with van der Waals surface area (Å²) in [7, 11) is 0. The molecule has 2 atom stereocenters. The molecule has 2 heterocycles. The van der Waals surface area contributed by atoms with E-state index in [0.29, 0.717) is 10.8 Å². The number of carbonyl (C=O) groups is 1. The standard InChI is InChI=1S/C26H26FN3O4S/c1-15(2)24-20(12-11-18(31)13-19(32)14-23(33)34)25(16-7-9-17(27)10-8-16)30(29-24)26-28-21-5-3-4-6-22(21)35-26/h3-12,15,18-19,31-32H,13-14H2,1-2H3,(H,33,34). The highest BCUT2D eigenvalue weighted by Gasteiger charge is 2.23. The number of aliphatic hydroxyl groups is 2. The third-order valence-electron chi connectivity index (χ3n) is 5.49. The predicted molar refractivity (Wildman–Crippen MR) is 134 cm³/mol. The van der Waals surface area contributed by atoms with Crippen LogP contribution in [-0.4, -0.2) is 48.3 Å². The maximum Gasteiger partial charge on any atom is 0.305 e. The van der Waals surface area contributed by atoms with Crippen LogP contribution in [-0.2, 0) is 4.79 Å². The molecule has 4 rings (SSSR count). The normalized spacial score (nSPS) is 13.7. The minimum Gasteiger partial charge on any atom is -0.481 e. The molecular weight excluding hydrogens is 469 g/mol. The molecule has 0 aliphatic carbocycles. The maximum absolute atomic E-state index is 13.7. The number of nitrogens with zero attached hydrogens (tertiary/aromatic N) is 3. The summed E-state index contributed by atoms with van der Waals surface area (Å²) in [5.41, 5.74) is 3.77. The van der Waals surface area contributed by atoms with Crippen LogP contribution in [0, 0.1) is 5.82 Å². The highest BCUT2D eigenvalue weighted by atomic mass is 32.1. The average Bonchev–Trinajstić information content (AvgIpc) is 3.39. The largest absolute Gasteiger partial charge is 0.481 e. The van der Waals surface area contributed by atoms with Crippen LogP contribution >= 0.6 is 11.3 Å². The summed E-state index contributed by atoms with van der Waals surface area (Å²) in [6, 6.07) is 13.9. The van der Waals surface area contributed by atoms with Crippen LogP contribution in [0.4, 0.5) is 4.39 Å². The Balaban J connectivity index is 1.82. The summed E-state index contributed by atoms with van der Waals surface area (Å²) >= 11 is 1.49. The van der Waals surface area contributed by atoms with Gasteiger partial charge in [0.2, 0.25) is 5.13 Å². The van der Waals surface area contributed by atoms with Crippen molar-refractivity contribution in [2.75, 3.05) is 0 Å². The van der Waals surface area contributed by atoms with E-state index < -0.39 is 24.6 Å². The number of para-hydroxylation sites is 1. The van der Waals surface area contributed by atoms with E-state index in [4.69, 9.17) is 15.2 Å². The first-order chi connectivity index (χ1) is 16.7. The van der Waals surface area contributed by atoms with Crippen LogP contribution in [0.25, 0.3) is 32.7 Å². The summed E-state index contributed by atoms with van der Waals surface area (Å²) in [5, 5.41) is 34.7. The smallest absolute Gasteiger partial charge is 0.305 e. The van der Waals surface area contributed by atoms with Gasteiger partial charge in [-0.2, -0.15) is 5.10 Å². The molecule has 182 valence electrons. The minimum atomic E-state index is -1.17. The number of aliphatic carboxylic acids is 1. The van der Waals surface area contributed by atoms with Crippen molar-refractivity contribution in [1.82, 2.24) is 14.8 Å². The Morgan fingerprint density at radius 3 is 2.51 bits per heavy atom. The van der Waals surface area contributed by atoms with Crippen molar-refractivity contribution in [2.45, 2.75) is 44.8 Å². The third kappa shape index (κ3) is 5.64. The Bertz CT molecular complexity index is 1330. The van der Waals surface area contributed by atoms with Crippen molar-refractivity contribution in [1.29, 1.82) is 0 Å². The quantitative estimate of drug-likeness (QED) is 0.301. The zero-order chi connectivity index (χ0) is 25.1. The molecule has 0 saturated heterocycles. The van der Waals surface area contributed by atoms with Crippen LogP contribution in [0.3, 0.4) is 0 Å². The Hall–Kier alpha value is -3.40. The molecule has 2 aromatic heterocycles. The first-order valence-electron chi connectivity index (χ1n) is 11.2. The zero-order valence-corrected chi connectivity index (χ0v) is 20.1. The average molecular weight is 496 g/mol. The molecule has 0 radical (unpaired) electrons. The van der Waals surface area contributed by atoms with Gasteiger partial charge in [-0.3, -0.25) is 4.79 Å². The summed E-state index contributed by atoms with van der Waals surface area (Å²) in [6.07, 6.45) is 0.457. The fraction of sp³-hybridized carbons (Fsp3) is 0.269. The Morgan fingerprint density at radius 1 is 1.14 bits per heavy atom. The number of carboxylic acid groups (broad SMARTS) is 1. The van der Waals surface area contributed by atoms with Crippen LogP contribution in [0.2, 0.25) is 0 Å². The first kappa shape index (κ1) is 24.7. The Kier molecular flexibility index (Phi) is 7.39. The topological polar surface area (TPSA) is 108 Å². The van der Waals surface area contributed by atoms with Gasteiger partial charge < -0.3 is 15.3 Å². The summed E-state index contributed by atoms with van der Waals surface area (Å²) in [5.74, 6) is -1.46. The lowest BCUT2D eigenvalue weighted by Gasteiger charge is -2.11. The second-order valence-corrected chi connectivity index (χ2v) is 9.61. The van der Waals surface area contributed by atoms with Gasteiger partial charge in [-0.15, -0.1) is 0 Å². The highest BCUT2D eigenvalue weighted by Crippen LogP contribution is 2.36. The number of aromatic nitrogens is 3. The highest BCUT2D eigenvalue weighted by molar-refractivity contribution is 7.20. The number of hydrogen-bond acceptors (Lipinski definition) is 6. The van der Waals surface area contributed by atoms with Gasteiger partial charge in [-0.1, -0.05) is 49.5 Å². The van der Waals surface area contributed by atoms with Crippen LogP contribution in [0.1, 0.15) is 43.9 Å². The number of carboxylic acids is 1.